The molecule has 6 fully saturated rings. The summed E-state index contributed by atoms with van der Waals surface area (Å²) in [6.07, 6.45) is 21.5. The second kappa shape index (κ2) is 44.5. The lowest BCUT2D eigenvalue weighted by molar-refractivity contribution is 0.0825. The van der Waals surface area contributed by atoms with Crippen LogP contribution in [0.2, 0.25) is 10.3 Å². The van der Waals surface area contributed by atoms with Crippen LogP contribution in [0.4, 0.5) is 50.4 Å². The topological polar surface area (TPSA) is 294 Å². The molecule has 686 valence electrons. The molecule has 0 bridgehead atoms. The van der Waals surface area contributed by atoms with Crippen molar-refractivity contribution >= 4 is 125 Å². The molecule has 0 aliphatic carbocycles. The maximum absolute atomic E-state index is 14.0. The van der Waals surface area contributed by atoms with Gasteiger partial charge in [-0.15, -0.1) is 0 Å². The molecule has 16 heterocycles. The second-order valence-electron chi connectivity index (χ2n) is 32.7. The summed E-state index contributed by atoms with van der Waals surface area (Å²) in [7, 11) is 0. The van der Waals surface area contributed by atoms with Gasteiger partial charge in [0.2, 0.25) is 0 Å². The smallest absolute Gasteiger partial charge is 0.410 e. The van der Waals surface area contributed by atoms with Crippen molar-refractivity contribution in [3.8, 4) is 0 Å². The molecule has 0 saturated carbocycles. The highest BCUT2D eigenvalue weighted by Crippen LogP contribution is 2.43. The number of carbonyl (C=O) groups excluding carboxylic acids is 2. The van der Waals surface area contributed by atoms with Crippen LogP contribution >= 0.6 is 23.2 Å². The van der Waals surface area contributed by atoms with E-state index in [1.165, 1.54) is 79.6 Å². The third-order valence-corrected chi connectivity index (χ3v) is 24.7. The quantitative estimate of drug-likeness (QED) is 0.0382. The molecule has 4 unspecified atom stereocenters. The molecule has 8 aliphatic heterocycles. The summed E-state index contributed by atoms with van der Waals surface area (Å²) in [5, 5.41) is 11.0. The van der Waals surface area contributed by atoms with Crippen LogP contribution in [0.1, 0.15) is 110 Å². The predicted octanol–water partition coefficient (Wildman–Crippen LogP) is 18.0. The van der Waals surface area contributed by atoms with E-state index >= 15 is 0 Å². The fourth-order valence-electron chi connectivity index (χ4n) is 17.4. The Labute approximate surface area is 771 Å². The summed E-state index contributed by atoms with van der Waals surface area (Å²) in [5.74, 6) is 2.36. The highest BCUT2D eigenvalue weighted by molar-refractivity contribution is 6.33. The average molecular weight is 1840 g/mol. The lowest BCUT2D eigenvalue weighted by atomic mass is 9.94. The first-order valence-electron chi connectivity index (χ1n) is 44.8. The number of morpholine rings is 4. The number of nitrogens with one attached hydrogen (secondary N) is 4. The maximum Gasteiger partial charge on any atom is 0.410 e. The Morgan fingerprint density at radius 1 is 0.409 bits per heavy atom. The Kier molecular flexibility index (Phi) is 30.8. The zero-order valence-electron chi connectivity index (χ0n) is 72.8. The SMILES string of the molecule is C1COCCN1.Clc1ncnc2nc[nH]c12.Fc1ccc2cc(C3CCCCN3)c(N3CCOCC3)nc2c1.Fc1ccc2cc(C3CCCCN3c3ncnc4nc[nH]c34)c(N3CCOCC3)nc2c1.O=C(OCc1ccccc1)N1CC=CCC1c1cc2ccc(F)cc2nc1Cl.O=C(OCc1ccccc1)N1CC=CCC1c1cc2ccc(F)cc2nc1N1CCOCC1.[HH]. The van der Waals surface area contributed by atoms with Gasteiger partial charge in [-0.05, 0) is 135 Å². The van der Waals surface area contributed by atoms with Gasteiger partial charge < -0.3 is 68.6 Å². The van der Waals surface area contributed by atoms with Gasteiger partial charge in [-0.3, -0.25) is 9.80 Å². The zero-order valence-corrected chi connectivity index (χ0v) is 74.4. The summed E-state index contributed by atoms with van der Waals surface area (Å²) in [4.78, 5) is 88.0. The number of fused-ring (bicyclic) bond motifs is 6. The van der Waals surface area contributed by atoms with Gasteiger partial charge in [0.15, 0.2) is 22.3 Å². The van der Waals surface area contributed by atoms with Crippen LogP contribution in [0, 0.1) is 23.3 Å². The van der Waals surface area contributed by atoms with E-state index < -0.39 is 6.09 Å². The monoisotopic (exact) mass is 1830 g/mol. The number of halogens is 6. The first-order chi connectivity index (χ1) is 64.8. The van der Waals surface area contributed by atoms with Gasteiger partial charge in [-0.25, -0.2) is 77.0 Å². The average Bonchev–Trinajstić information content (AvgIpc) is 1.54. The number of H-pyrrole nitrogens is 2. The molecular formula is C98H104Cl2F4N20O8. The van der Waals surface area contributed by atoms with Crippen LogP contribution in [-0.4, -0.2) is 213 Å². The molecule has 22 rings (SSSR count). The number of pyridine rings is 4. The largest absolute Gasteiger partial charge is 0.445 e. The number of rotatable bonds is 12. The number of benzene rings is 6. The zero-order chi connectivity index (χ0) is 90.5. The molecule has 2 amide bonds. The van der Waals surface area contributed by atoms with Gasteiger partial charge in [0.25, 0.3) is 0 Å². The number of anilines is 4. The Balaban J connectivity index is 0.000000122. The molecule has 4 atom stereocenters. The van der Waals surface area contributed by atoms with Crippen molar-refractivity contribution in [3.05, 3.63) is 274 Å². The lowest BCUT2D eigenvalue weighted by Gasteiger charge is -2.39. The van der Waals surface area contributed by atoms with Gasteiger partial charge >= 0.3 is 12.2 Å². The van der Waals surface area contributed by atoms with Crippen LogP contribution in [0.25, 0.3) is 65.9 Å². The summed E-state index contributed by atoms with van der Waals surface area (Å²) < 4.78 is 87.6. The minimum absolute atomic E-state index is 0. The van der Waals surface area contributed by atoms with E-state index in [9.17, 15) is 27.2 Å². The number of nitrogens with zero attached hydrogens (tertiary/aromatic N) is 16. The molecule has 0 radical (unpaired) electrons. The number of imidazole rings is 2. The van der Waals surface area contributed by atoms with Crippen molar-refractivity contribution in [3.63, 3.8) is 0 Å². The Bertz CT molecular complexity index is 6320. The van der Waals surface area contributed by atoms with Gasteiger partial charge in [-0.2, -0.15) is 0 Å². The van der Waals surface area contributed by atoms with E-state index in [-0.39, 0.29) is 67.3 Å². The standard InChI is InChI=1S/C26H26FN3O3.C23H24FN7O.C22H18ClFN2O2.C18H22FN3O.C5H3ClN4.C4H9NO.H2/c27-21-10-9-20-16-22(25(28-23(20)17-21)29-12-14-32-15-13-29)24-8-4-5-11-30(24)26(31)33-18-19-6-2-1-3-7-19;24-16-5-4-15-11-17(22(29-18(15)12-16)30-7-9-32-10-8-30)19-3-1-2-6-31(19)23-20-21(26-13-25-20)27-14-28-23;23-21-18(12-16-9-10-17(24)13-19(16)25-21)20-8-4-5-11-26(20)22(27)28-14-15-6-2-1-3-7-15;19-14-5-4-13-11-15(16-3-1-2-6-20-16)18(21-17(13)12-14)22-7-9-23-10-8-22;6-4-3-5(9-1-7-3)10-2-8-4;1-3-6-4-2-5-1;/h1-7,9-10,16-17,24H,8,11-15,18H2;4-5,11-14,19H,1-3,6-10H2,(H,25,26,27,28);1-7,9-10,12-13,20H,8,11,14H2;4-5,11-12,16,20H,1-3,6-10H2;1-2H,(H,7,8,9,10);5H,1-4H2;1H. The number of aromatic nitrogens is 12. The van der Waals surface area contributed by atoms with Crippen molar-refractivity contribution < 1.29 is 57.0 Å². The number of ether oxygens (including phenoxy) is 6. The van der Waals surface area contributed by atoms with Crippen LogP contribution < -0.4 is 30.2 Å². The fraction of sp³-hybridized carbons (Fsp3) is 0.347. The van der Waals surface area contributed by atoms with Gasteiger partial charge in [0, 0.05) is 148 Å². The fourth-order valence-corrected chi connectivity index (χ4v) is 17.9. The molecule has 14 aromatic rings. The molecule has 6 saturated heterocycles. The summed E-state index contributed by atoms with van der Waals surface area (Å²) in [6, 6.07) is 46.1. The van der Waals surface area contributed by atoms with E-state index in [0.717, 1.165) is 188 Å². The van der Waals surface area contributed by atoms with Gasteiger partial charge in [-0.1, -0.05) is 115 Å². The highest BCUT2D eigenvalue weighted by Gasteiger charge is 2.36. The van der Waals surface area contributed by atoms with Crippen LogP contribution in [0.3, 0.4) is 0 Å². The van der Waals surface area contributed by atoms with E-state index in [4.69, 9.17) is 66.6 Å². The summed E-state index contributed by atoms with van der Waals surface area (Å²) in [5.41, 5.74) is 11.2. The van der Waals surface area contributed by atoms with Crippen molar-refractivity contribution in [2.24, 2.45) is 0 Å². The van der Waals surface area contributed by atoms with Crippen LogP contribution in [-0.2, 0) is 41.6 Å². The molecule has 34 heteroatoms. The molecule has 8 aliphatic rings. The maximum atomic E-state index is 14.0. The van der Waals surface area contributed by atoms with E-state index in [1.54, 1.807) is 34.6 Å². The van der Waals surface area contributed by atoms with Crippen LogP contribution in [0.5, 0.6) is 0 Å². The van der Waals surface area contributed by atoms with Crippen LogP contribution in [0.15, 0.2) is 207 Å². The molecule has 8 aromatic heterocycles. The van der Waals surface area contributed by atoms with Crippen molar-refractivity contribution in [2.75, 3.05) is 151 Å². The Morgan fingerprint density at radius 2 is 0.841 bits per heavy atom. The molecule has 132 heavy (non-hydrogen) atoms. The highest BCUT2D eigenvalue weighted by atomic mass is 35.5. The molecule has 28 nitrogen and oxygen atoms in total. The number of piperidine rings is 2. The number of aromatic amines is 2. The summed E-state index contributed by atoms with van der Waals surface area (Å²) >= 11 is 12.1. The lowest BCUT2D eigenvalue weighted by Crippen LogP contribution is -2.40. The molecule has 6 aromatic carbocycles. The first-order valence-corrected chi connectivity index (χ1v) is 45.5. The minimum atomic E-state index is -0.409. The number of hydrogen-bond acceptors (Lipinski definition) is 24. The van der Waals surface area contributed by atoms with E-state index in [2.05, 4.69) is 93.3 Å². The number of amides is 2. The van der Waals surface area contributed by atoms with Gasteiger partial charge in [0.1, 0.15) is 82.8 Å². The normalized spacial score (nSPS) is 18.7. The summed E-state index contributed by atoms with van der Waals surface area (Å²) in [6.45, 7) is 15.7. The second-order valence-corrected chi connectivity index (χ2v) is 33.4. The third kappa shape index (κ3) is 22.7. The third-order valence-electron chi connectivity index (χ3n) is 24.1. The van der Waals surface area contributed by atoms with Crippen molar-refractivity contribution in [1.82, 2.24) is 80.2 Å². The number of hydrogen-bond donors (Lipinski definition) is 4. The molecular weight excluding hydrogens is 1730 g/mol. The number of carbonyl (C=O) groups is 2. The molecule has 0 spiro atoms. The predicted molar refractivity (Wildman–Crippen MR) is 503 cm³/mol. The first kappa shape index (κ1) is 91.2. The Hall–Kier alpha value is -12.7. The van der Waals surface area contributed by atoms with E-state index in [1.807, 2.05) is 103 Å². The minimum Gasteiger partial charge on any atom is -0.445 e. The molecule has 4 N–H and O–H groups in total. The van der Waals surface area contributed by atoms with E-state index in [0.29, 0.717) is 110 Å². The van der Waals surface area contributed by atoms with Crippen molar-refractivity contribution in [1.29, 1.82) is 0 Å². The van der Waals surface area contributed by atoms with Gasteiger partial charge in [0.05, 0.1) is 106 Å². The Morgan fingerprint density at radius 3 is 1.31 bits per heavy atom. The van der Waals surface area contributed by atoms with Crippen molar-refractivity contribution in [2.45, 2.75) is 88.7 Å².